The highest BCUT2D eigenvalue weighted by atomic mass is 16.5. The van der Waals surface area contributed by atoms with Crippen molar-refractivity contribution in [2.24, 2.45) is 5.92 Å². The van der Waals surface area contributed by atoms with Gasteiger partial charge in [0.1, 0.15) is 12.4 Å². The average molecular weight is 246 g/mol. The third-order valence-corrected chi connectivity index (χ3v) is 3.97. The second-order valence-corrected chi connectivity index (χ2v) is 5.44. The molecule has 1 aromatic carbocycles. The van der Waals surface area contributed by atoms with Gasteiger partial charge in [-0.25, -0.2) is 0 Å². The first-order valence-electron chi connectivity index (χ1n) is 7.06. The van der Waals surface area contributed by atoms with Crippen LogP contribution in [0.3, 0.4) is 0 Å². The fraction of sp³-hybridized carbons (Fsp3) is 0.600. The number of fused-ring (bicyclic) bond motifs is 1. The van der Waals surface area contributed by atoms with Crippen LogP contribution in [-0.4, -0.2) is 32.3 Å². The normalized spacial score (nSPS) is 27.3. The van der Waals surface area contributed by atoms with Crippen LogP contribution in [0.1, 0.15) is 18.4 Å². The van der Waals surface area contributed by atoms with Crippen LogP contribution in [0.25, 0.3) is 0 Å². The zero-order valence-electron chi connectivity index (χ0n) is 10.8. The van der Waals surface area contributed by atoms with Crippen molar-refractivity contribution in [1.82, 2.24) is 10.6 Å². The Kier molecular flexibility index (Phi) is 3.81. The van der Waals surface area contributed by atoms with E-state index >= 15 is 0 Å². The van der Waals surface area contributed by atoms with Gasteiger partial charge in [0, 0.05) is 6.04 Å². The first-order chi connectivity index (χ1) is 8.92. The number of nitrogens with one attached hydrogen (secondary N) is 2. The van der Waals surface area contributed by atoms with Gasteiger partial charge in [-0.1, -0.05) is 18.2 Å². The predicted molar refractivity (Wildman–Crippen MR) is 73.0 cm³/mol. The summed E-state index contributed by atoms with van der Waals surface area (Å²) in [6, 6.07) is 8.85. The van der Waals surface area contributed by atoms with E-state index in [1.165, 1.54) is 24.9 Å². The van der Waals surface area contributed by atoms with Crippen LogP contribution in [0.2, 0.25) is 0 Å². The van der Waals surface area contributed by atoms with E-state index in [1.807, 2.05) is 6.07 Å². The molecule has 2 aliphatic rings. The topological polar surface area (TPSA) is 33.3 Å². The van der Waals surface area contributed by atoms with Crippen molar-refractivity contribution in [2.45, 2.75) is 25.3 Å². The first-order valence-corrected chi connectivity index (χ1v) is 7.06. The van der Waals surface area contributed by atoms with Crippen molar-refractivity contribution in [3.63, 3.8) is 0 Å². The molecule has 0 amide bonds. The Bertz CT molecular complexity index is 388. The molecular weight excluding hydrogens is 224 g/mol. The molecule has 2 unspecified atom stereocenters. The summed E-state index contributed by atoms with van der Waals surface area (Å²) in [4.78, 5) is 0. The summed E-state index contributed by atoms with van der Waals surface area (Å²) in [6.45, 7) is 4.27. The zero-order valence-corrected chi connectivity index (χ0v) is 10.8. The molecule has 98 valence electrons. The number of para-hydroxylation sites is 1. The molecule has 0 saturated carbocycles. The molecule has 18 heavy (non-hydrogen) atoms. The molecule has 1 saturated heterocycles. The van der Waals surface area contributed by atoms with Crippen molar-refractivity contribution in [3.8, 4) is 5.75 Å². The minimum Gasteiger partial charge on any atom is -0.492 e. The molecule has 0 aromatic heterocycles. The van der Waals surface area contributed by atoms with Gasteiger partial charge in [-0.15, -0.1) is 0 Å². The summed E-state index contributed by atoms with van der Waals surface area (Å²) in [6.07, 6.45) is 3.76. The fourth-order valence-corrected chi connectivity index (χ4v) is 2.89. The van der Waals surface area contributed by atoms with Gasteiger partial charge in [-0.3, -0.25) is 0 Å². The summed E-state index contributed by atoms with van der Waals surface area (Å²) in [7, 11) is 0. The third kappa shape index (κ3) is 2.85. The maximum Gasteiger partial charge on any atom is 0.122 e. The van der Waals surface area contributed by atoms with Gasteiger partial charge in [0.15, 0.2) is 0 Å². The molecule has 1 fully saturated rings. The summed E-state index contributed by atoms with van der Waals surface area (Å²) in [5.41, 5.74) is 1.34. The monoisotopic (exact) mass is 246 g/mol. The van der Waals surface area contributed by atoms with Crippen LogP contribution < -0.4 is 15.4 Å². The van der Waals surface area contributed by atoms with E-state index in [-0.39, 0.29) is 0 Å². The van der Waals surface area contributed by atoms with E-state index in [4.69, 9.17) is 4.74 Å². The molecule has 2 N–H and O–H groups in total. The molecule has 3 rings (SSSR count). The minimum absolute atomic E-state index is 0.474. The molecule has 0 aliphatic carbocycles. The van der Waals surface area contributed by atoms with Gasteiger partial charge in [0.2, 0.25) is 0 Å². The van der Waals surface area contributed by atoms with Gasteiger partial charge >= 0.3 is 0 Å². The molecule has 3 heteroatoms. The van der Waals surface area contributed by atoms with Crippen LogP contribution in [0.5, 0.6) is 5.75 Å². The van der Waals surface area contributed by atoms with Crippen molar-refractivity contribution in [2.75, 3.05) is 26.2 Å². The lowest BCUT2D eigenvalue weighted by molar-refractivity contribution is 0.228. The van der Waals surface area contributed by atoms with Crippen LogP contribution in [-0.2, 0) is 6.42 Å². The van der Waals surface area contributed by atoms with Gasteiger partial charge < -0.3 is 15.4 Å². The number of hydrogen-bond donors (Lipinski definition) is 2. The Morgan fingerprint density at radius 1 is 1.33 bits per heavy atom. The van der Waals surface area contributed by atoms with Gasteiger partial charge in [0.25, 0.3) is 0 Å². The van der Waals surface area contributed by atoms with E-state index in [0.717, 1.165) is 37.8 Å². The summed E-state index contributed by atoms with van der Waals surface area (Å²) < 4.78 is 5.80. The van der Waals surface area contributed by atoms with Gasteiger partial charge in [0.05, 0.1) is 0 Å². The van der Waals surface area contributed by atoms with Crippen LogP contribution >= 0.6 is 0 Å². The van der Waals surface area contributed by atoms with Gasteiger partial charge in [-0.05, 0) is 56.4 Å². The smallest absolute Gasteiger partial charge is 0.122 e. The number of rotatable bonds is 3. The van der Waals surface area contributed by atoms with Crippen molar-refractivity contribution in [1.29, 1.82) is 0 Å². The van der Waals surface area contributed by atoms with E-state index in [0.29, 0.717) is 6.04 Å². The Hall–Kier alpha value is -1.06. The van der Waals surface area contributed by atoms with Gasteiger partial charge in [-0.2, -0.15) is 0 Å². The third-order valence-electron chi connectivity index (χ3n) is 3.97. The Morgan fingerprint density at radius 3 is 3.17 bits per heavy atom. The molecule has 0 bridgehead atoms. The lowest BCUT2D eigenvalue weighted by atomic mass is 9.98. The van der Waals surface area contributed by atoms with Crippen LogP contribution in [0.15, 0.2) is 24.3 Å². The van der Waals surface area contributed by atoms with Crippen molar-refractivity contribution in [3.05, 3.63) is 29.8 Å². The first kappa shape index (κ1) is 12.0. The Morgan fingerprint density at radius 2 is 2.28 bits per heavy atom. The van der Waals surface area contributed by atoms with E-state index in [2.05, 4.69) is 28.8 Å². The summed E-state index contributed by atoms with van der Waals surface area (Å²) in [5.74, 6) is 1.85. The highest BCUT2D eigenvalue weighted by molar-refractivity contribution is 5.35. The number of hydrogen-bond acceptors (Lipinski definition) is 3. The molecule has 0 radical (unpaired) electrons. The molecule has 1 aromatic rings. The molecule has 2 atom stereocenters. The lowest BCUT2D eigenvalue weighted by Crippen LogP contribution is -2.44. The Balaban J connectivity index is 1.50. The zero-order chi connectivity index (χ0) is 12.2. The second-order valence-electron chi connectivity index (χ2n) is 5.44. The predicted octanol–water partition coefficient (Wildman–Crippen LogP) is 1.58. The summed E-state index contributed by atoms with van der Waals surface area (Å²) >= 11 is 0. The number of ether oxygens (including phenoxy) is 1. The lowest BCUT2D eigenvalue weighted by Gasteiger charge is -2.29. The minimum atomic E-state index is 0.474. The SMILES string of the molecule is c1ccc2c(c1)CC(NCC1CCCNC1)CO2. The average Bonchev–Trinajstić information content (AvgIpc) is 2.46. The number of benzene rings is 1. The van der Waals surface area contributed by atoms with Crippen LogP contribution in [0.4, 0.5) is 0 Å². The maximum atomic E-state index is 5.80. The standard InChI is InChI=1S/C15H22N2O/c1-2-6-15-13(5-1)8-14(11-18-15)17-10-12-4-3-7-16-9-12/h1-2,5-6,12,14,16-17H,3-4,7-11H2. The highest BCUT2D eigenvalue weighted by Gasteiger charge is 2.20. The maximum absolute atomic E-state index is 5.80. The van der Waals surface area contributed by atoms with Crippen molar-refractivity contribution < 1.29 is 4.74 Å². The van der Waals surface area contributed by atoms with E-state index < -0.39 is 0 Å². The fourth-order valence-electron chi connectivity index (χ4n) is 2.89. The second kappa shape index (κ2) is 5.72. The number of piperidine rings is 1. The van der Waals surface area contributed by atoms with Crippen molar-refractivity contribution >= 4 is 0 Å². The largest absolute Gasteiger partial charge is 0.492 e. The quantitative estimate of drug-likeness (QED) is 0.849. The molecule has 2 aliphatic heterocycles. The molecule has 0 spiro atoms. The van der Waals surface area contributed by atoms with E-state index in [1.54, 1.807) is 0 Å². The van der Waals surface area contributed by atoms with Crippen LogP contribution in [0, 0.1) is 5.92 Å². The Labute approximate surface area is 109 Å². The highest BCUT2D eigenvalue weighted by Crippen LogP contribution is 2.24. The molecule has 2 heterocycles. The molecule has 3 nitrogen and oxygen atoms in total. The molecular formula is C15H22N2O. The summed E-state index contributed by atoms with van der Waals surface area (Å²) in [5, 5.41) is 7.13. The van der Waals surface area contributed by atoms with E-state index in [9.17, 15) is 0 Å².